The Morgan fingerprint density at radius 2 is 1.47 bits per heavy atom. The molecule has 0 heterocycles. The van der Waals surface area contributed by atoms with Crippen LogP contribution in [0, 0.1) is 10.8 Å². The summed E-state index contributed by atoms with van der Waals surface area (Å²) in [6.07, 6.45) is -0.651. The number of hydrogen-bond acceptors (Lipinski definition) is 3. The monoisotopic (exact) mass is 275 g/mol. The first-order valence-corrected chi connectivity index (χ1v) is 6.31. The molecule has 112 valence electrons. The lowest BCUT2D eigenvalue weighted by molar-refractivity contribution is -0.159. The Morgan fingerprint density at radius 1 is 1.05 bits per heavy atom. The average Bonchev–Trinajstić information content (AvgIpc) is 2.25. The van der Waals surface area contributed by atoms with Crippen molar-refractivity contribution in [3.05, 3.63) is 0 Å². The van der Waals surface area contributed by atoms with Crippen LogP contribution in [-0.4, -0.2) is 43.1 Å². The molecule has 0 aromatic carbocycles. The Bertz CT molecular complexity index is 358. The smallest absolute Gasteiger partial charge is 0.410 e. The maximum atomic E-state index is 13.3. The number of Topliss-reactive ketones (excluding diaryl/α,β-unsaturated/α-hetero) is 1. The number of carbonyl (C=O) groups is 2. The highest BCUT2D eigenvalue weighted by molar-refractivity contribution is 5.93. The highest BCUT2D eigenvalue weighted by Crippen LogP contribution is 2.40. The molecule has 0 radical (unpaired) electrons. The molecule has 1 amide bonds. The summed E-state index contributed by atoms with van der Waals surface area (Å²) in [6.45, 7) is 9.08. The SMILES string of the molecule is CN(C)C(=O)OC(C)(C(=O)C(C)(C)C)C(C)(C)CF. The van der Waals surface area contributed by atoms with Crippen molar-refractivity contribution in [1.29, 1.82) is 0 Å². The zero-order chi connectivity index (χ0) is 15.6. The van der Waals surface area contributed by atoms with Gasteiger partial charge in [0.25, 0.3) is 0 Å². The molecule has 4 nitrogen and oxygen atoms in total. The normalized spacial score (nSPS) is 15.6. The number of alkyl halides is 1. The third-order valence-electron chi connectivity index (χ3n) is 3.40. The molecule has 19 heavy (non-hydrogen) atoms. The Balaban J connectivity index is 5.64. The van der Waals surface area contributed by atoms with Gasteiger partial charge in [-0.25, -0.2) is 4.79 Å². The van der Waals surface area contributed by atoms with Crippen LogP contribution in [0.2, 0.25) is 0 Å². The minimum atomic E-state index is -1.51. The maximum absolute atomic E-state index is 13.3. The van der Waals surface area contributed by atoms with E-state index in [0.717, 1.165) is 0 Å². The van der Waals surface area contributed by atoms with Crippen molar-refractivity contribution in [2.45, 2.75) is 47.1 Å². The van der Waals surface area contributed by atoms with Crippen molar-refractivity contribution >= 4 is 11.9 Å². The van der Waals surface area contributed by atoms with E-state index in [2.05, 4.69) is 0 Å². The lowest BCUT2D eigenvalue weighted by atomic mass is 9.68. The molecule has 1 atom stereocenters. The van der Waals surface area contributed by atoms with Gasteiger partial charge >= 0.3 is 6.09 Å². The van der Waals surface area contributed by atoms with Crippen molar-refractivity contribution in [3.8, 4) is 0 Å². The van der Waals surface area contributed by atoms with E-state index in [1.54, 1.807) is 34.6 Å². The van der Waals surface area contributed by atoms with Crippen LogP contribution in [-0.2, 0) is 9.53 Å². The molecular weight excluding hydrogens is 249 g/mol. The summed E-state index contributed by atoms with van der Waals surface area (Å²) < 4.78 is 18.6. The van der Waals surface area contributed by atoms with E-state index in [9.17, 15) is 14.0 Å². The Hall–Kier alpha value is -1.13. The van der Waals surface area contributed by atoms with Gasteiger partial charge in [0.05, 0.1) is 6.67 Å². The van der Waals surface area contributed by atoms with Gasteiger partial charge in [0.2, 0.25) is 0 Å². The van der Waals surface area contributed by atoms with E-state index in [1.807, 2.05) is 0 Å². The number of ketones is 1. The van der Waals surface area contributed by atoms with Crippen molar-refractivity contribution in [2.24, 2.45) is 10.8 Å². The molecule has 0 spiro atoms. The number of nitrogens with zero attached hydrogens (tertiary/aromatic N) is 1. The molecule has 0 bridgehead atoms. The summed E-state index contributed by atoms with van der Waals surface area (Å²) in [7, 11) is 3.04. The third kappa shape index (κ3) is 3.67. The molecule has 0 aliphatic heterocycles. The molecule has 0 N–H and O–H groups in total. The number of halogens is 1. The van der Waals surface area contributed by atoms with Crippen LogP contribution < -0.4 is 0 Å². The minimum absolute atomic E-state index is 0.294. The van der Waals surface area contributed by atoms with Crippen LogP contribution >= 0.6 is 0 Å². The summed E-state index contributed by atoms with van der Waals surface area (Å²) in [5, 5.41) is 0. The molecule has 0 saturated carbocycles. The van der Waals surface area contributed by atoms with Crippen LogP contribution in [0.15, 0.2) is 0 Å². The number of carbonyl (C=O) groups excluding carboxylic acids is 2. The first kappa shape index (κ1) is 17.9. The van der Waals surface area contributed by atoms with Crippen molar-refractivity contribution < 1.29 is 18.7 Å². The van der Waals surface area contributed by atoms with Crippen LogP contribution in [0.3, 0.4) is 0 Å². The topological polar surface area (TPSA) is 46.6 Å². The number of rotatable bonds is 4. The third-order valence-corrected chi connectivity index (χ3v) is 3.40. The van der Waals surface area contributed by atoms with Gasteiger partial charge in [-0.15, -0.1) is 0 Å². The molecule has 1 unspecified atom stereocenters. The molecule has 0 rings (SSSR count). The average molecular weight is 275 g/mol. The zero-order valence-electron chi connectivity index (χ0n) is 13.3. The van der Waals surface area contributed by atoms with Crippen LogP contribution in [0.1, 0.15) is 41.5 Å². The van der Waals surface area contributed by atoms with E-state index in [4.69, 9.17) is 4.74 Å². The van der Waals surface area contributed by atoms with Gasteiger partial charge in [0.1, 0.15) is 0 Å². The second kappa shape index (κ2) is 5.47. The van der Waals surface area contributed by atoms with E-state index in [0.29, 0.717) is 0 Å². The quantitative estimate of drug-likeness (QED) is 0.792. The van der Waals surface area contributed by atoms with Crippen LogP contribution in [0.5, 0.6) is 0 Å². The molecule has 5 heteroatoms. The molecule has 0 fully saturated rings. The maximum Gasteiger partial charge on any atom is 0.410 e. The predicted octanol–water partition coefficient (Wildman–Crippen LogP) is 3.05. The Morgan fingerprint density at radius 3 is 1.74 bits per heavy atom. The lowest BCUT2D eigenvalue weighted by Crippen LogP contribution is -2.57. The highest BCUT2D eigenvalue weighted by Gasteiger charge is 2.54. The van der Waals surface area contributed by atoms with Gasteiger partial charge in [-0.05, 0) is 6.92 Å². The van der Waals surface area contributed by atoms with E-state index < -0.39 is 29.2 Å². The number of ether oxygens (including phenoxy) is 1. The summed E-state index contributed by atoms with van der Waals surface area (Å²) in [4.78, 5) is 25.6. The fraction of sp³-hybridized carbons (Fsp3) is 0.857. The van der Waals surface area contributed by atoms with Gasteiger partial charge in [-0.3, -0.25) is 9.18 Å². The van der Waals surface area contributed by atoms with Crippen LogP contribution in [0.25, 0.3) is 0 Å². The predicted molar refractivity (Wildman–Crippen MR) is 72.8 cm³/mol. The van der Waals surface area contributed by atoms with Crippen molar-refractivity contribution in [1.82, 2.24) is 4.90 Å². The molecule has 0 aromatic rings. The lowest BCUT2D eigenvalue weighted by Gasteiger charge is -2.43. The first-order chi connectivity index (χ1) is 8.29. The molecule has 0 aromatic heterocycles. The largest absolute Gasteiger partial charge is 0.434 e. The second-order valence-corrected chi connectivity index (χ2v) is 6.89. The number of hydrogen-bond donors (Lipinski definition) is 0. The zero-order valence-corrected chi connectivity index (χ0v) is 13.3. The molecule has 0 saturated heterocycles. The van der Waals surface area contributed by atoms with Crippen LogP contribution in [0.4, 0.5) is 9.18 Å². The van der Waals surface area contributed by atoms with Gasteiger partial charge in [0, 0.05) is 24.9 Å². The van der Waals surface area contributed by atoms with E-state index in [1.165, 1.54) is 25.9 Å². The highest BCUT2D eigenvalue weighted by atomic mass is 19.1. The fourth-order valence-electron chi connectivity index (χ4n) is 1.60. The van der Waals surface area contributed by atoms with Crippen molar-refractivity contribution in [3.63, 3.8) is 0 Å². The molecule has 0 aliphatic carbocycles. The van der Waals surface area contributed by atoms with E-state index in [-0.39, 0.29) is 5.78 Å². The van der Waals surface area contributed by atoms with E-state index >= 15 is 0 Å². The van der Waals surface area contributed by atoms with Gasteiger partial charge in [-0.2, -0.15) is 0 Å². The summed E-state index contributed by atoms with van der Waals surface area (Å²) in [6, 6.07) is 0. The standard InChI is InChI=1S/C14H26FNO3/c1-12(2,3)10(17)14(6,13(4,5)9-15)19-11(18)16(7)8/h9H2,1-8H3. The summed E-state index contributed by atoms with van der Waals surface area (Å²) in [5.41, 5.74) is -3.34. The molecule has 0 aliphatic rings. The second-order valence-electron chi connectivity index (χ2n) is 6.89. The van der Waals surface area contributed by atoms with Gasteiger partial charge < -0.3 is 9.64 Å². The van der Waals surface area contributed by atoms with Crippen molar-refractivity contribution in [2.75, 3.05) is 20.8 Å². The number of amides is 1. The summed E-state index contributed by atoms with van der Waals surface area (Å²) >= 11 is 0. The Kier molecular flexibility index (Phi) is 5.14. The fourth-order valence-corrected chi connectivity index (χ4v) is 1.60. The Labute approximate surface area is 115 Å². The summed E-state index contributed by atoms with van der Waals surface area (Å²) in [5.74, 6) is -0.294. The van der Waals surface area contributed by atoms with Gasteiger partial charge in [0.15, 0.2) is 11.4 Å². The molecular formula is C14H26FNO3. The minimum Gasteiger partial charge on any atom is -0.434 e. The first-order valence-electron chi connectivity index (χ1n) is 6.31. The van der Waals surface area contributed by atoms with Gasteiger partial charge in [-0.1, -0.05) is 34.6 Å².